The van der Waals surface area contributed by atoms with Gasteiger partial charge in [-0.15, -0.1) is 0 Å². The van der Waals surface area contributed by atoms with E-state index in [1.165, 1.54) is 0 Å². The van der Waals surface area contributed by atoms with Crippen molar-refractivity contribution < 1.29 is 9.90 Å². The molecular formula is C14H22N4O2. The second-order valence-electron chi connectivity index (χ2n) is 5.20. The molecule has 1 amide bonds. The Kier molecular flexibility index (Phi) is 5.03. The van der Waals surface area contributed by atoms with Crippen LogP contribution >= 0.6 is 0 Å². The molecule has 1 aliphatic rings. The summed E-state index contributed by atoms with van der Waals surface area (Å²) >= 11 is 0. The summed E-state index contributed by atoms with van der Waals surface area (Å²) in [5.41, 5.74) is 2.08. The molecular weight excluding hydrogens is 256 g/mol. The first-order chi connectivity index (χ1) is 9.61. The lowest BCUT2D eigenvalue weighted by Crippen LogP contribution is -2.36. The number of rotatable bonds is 3. The van der Waals surface area contributed by atoms with Gasteiger partial charge in [0.25, 0.3) is 5.91 Å². The van der Waals surface area contributed by atoms with Gasteiger partial charge in [-0.1, -0.05) is 0 Å². The first-order valence-electron chi connectivity index (χ1n) is 7.05. The predicted molar refractivity (Wildman–Crippen MR) is 75.6 cm³/mol. The van der Waals surface area contributed by atoms with E-state index < -0.39 is 0 Å². The zero-order chi connectivity index (χ0) is 14.5. The molecule has 1 aliphatic heterocycles. The van der Waals surface area contributed by atoms with Crippen LogP contribution in [0.5, 0.6) is 0 Å². The van der Waals surface area contributed by atoms with Crippen LogP contribution in [0.15, 0.2) is 6.07 Å². The molecule has 0 bridgehead atoms. The number of β-amino-alcohol motifs (C(OH)–C–C–N with tert-alkyl or cyclic N) is 1. The summed E-state index contributed by atoms with van der Waals surface area (Å²) in [5.74, 6) is 0.0337. The number of carbonyl (C=O) groups excluding carboxylic acids is 1. The van der Waals surface area contributed by atoms with Crippen LogP contribution in [0.4, 0.5) is 0 Å². The van der Waals surface area contributed by atoms with Crippen LogP contribution in [0.3, 0.4) is 0 Å². The number of amides is 1. The maximum Gasteiger partial charge on any atom is 0.255 e. The zero-order valence-corrected chi connectivity index (χ0v) is 12.2. The number of hydrogen-bond donors (Lipinski definition) is 1. The first kappa shape index (κ1) is 14.9. The summed E-state index contributed by atoms with van der Waals surface area (Å²) in [7, 11) is 0. The van der Waals surface area contributed by atoms with Crippen LogP contribution < -0.4 is 0 Å². The van der Waals surface area contributed by atoms with E-state index in [-0.39, 0.29) is 12.5 Å². The number of nitrogens with zero attached hydrogens (tertiary/aromatic N) is 4. The zero-order valence-electron chi connectivity index (χ0n) is 12.2. The van der Waals surface area contributed by atoms with Gasteiger partial charge in [0.05, 0.1) is 23.6 Å². The molecule has 1 N–H and O–H groups in total. The highest BCUT2D eigenvalue weighted by Gasteiger charge is 2.22. The summed E-state index contributed by atoms with van der Waals surface area (Å²) in [6, 6.07) is 1.81. The molecule has 2 rings (SSSR count). The molecule has 1 saturated heterocycles. The van der Waals surface area contributed by atoms with Crippen LogP contribution in [0, 0.1) is 13.8 Å². The van der Waals surface area contributed by atoms with E-state index in [4.69, 9.17) is 5.11 Å². The minimum Gasteiger partial charge on any atom is -0.395 e. The second-order valence-corrected chi connectivity index (χ2v) is 5.20. The molecule has 1 fully saturated rings. The van der Waals surface area contributed by atoms with E-state index >= 15 is 0 Å². The number of aliphatic hydroxyl groups is 1. The van der Waals surface area contributed by atoms with E-state index in [9.17, 15) is 4.79 Å². The molecule has 0 saturated carbocycles. The molecule has 0 spiro atoms. The van der Waals surface area contributed by atoms with Gasteiger partial charge in [-0.3, -0.25) is 9.69 Å². The molecule has 110 valence electrons. The van der Waals surface area contributed by atoms with Crippen molar-refractivity contribution in [2.24, 2.45) is 0 Å². The molecule has 20 heavy (non-hydrogen) atoms. The van der Waals surface area contributed by atoms with Crippen LogP contribution in [-0.2, 0) is 0 Å². The van der Waals surface area contributed by atoms with E-state index in [1.807, 2.05) is 18.7 Å². The van der Waals surface area contributed by atoms with Gasteiger partial charge < -0.3 is 10.0 Å². The smallest absolute Gasteiger partial charge is 0.255 e. The number of aromatic nitrogens is 2. The largest absolute Gasteiger partial charge is 0.395 e. The Morgan fingerprint density at radius 3 is 2.80 bits per heavy atom. The van der Waals surface area contributed by atoms with E-state index in [0.29, 0.717) is 24.3 Å². The molecule has 6 nitrogen and oxygen atoms in total. The summed E-state index contributed by atoms with van der Waals surface area (Å²) in [6.07, 6.45) is 0.933. The van der Waals surface area contributed by atoms with Gasteiger partial charge in [0.1, 0.15) is 0 Å². The van der Waals surface area contributed by atoms with Crippen molar-refractivity contribution in [1.29, 1.82) is 0 Å². The Balaban J connectivity index is 2.07. The van der Waals surface area contributed by atoms with Gasteiger partial charge in [0.15, 0.2) is 0 Å². The van der Waals surface area contributed by atoms with Crippen molar-refractivity contribution in [3.63, 3.8) is 0 Å². The second kappa shape index (κ2) is 6.76. The lowest BCUT2D eigenvalue weighted by molar-refractivity contribution is 0.0759. The monoisotopic (exact) mass is 278 g/mol. The quantitative estimate of drug-likeness (QED) is 0.857. The Hall–Kier alpha value is -1.53. The van der Waals surface area contributed by atoms with Gasteiger partial charge >= 0.3 is 0 Å². The van der Waals surface area contributed by atoms with Crippen molar-refractivity contribution in [3.05, 3.63) is 23.0 Å². The van der Waals surface area contributed by atoms with Crippen LogP contribution in [0.2, 0.25) is 0 Å². The SMILES string of the molecule is Cc1cc(C(=O)N2CCCN(CCO)CC2)c(C)nn1. The Bertz CT molecular complexity index is 478. The molecule has 1 aromatic rings. The summed E-state index contributed by atoms with van der Waals surface area (Å²) in [4.78, 5) is 16.6. The average Bonchev–Trinajstić information content (AvgIpc) is 2.67. The third kappa shape index (κ3) is 3.52. The molecule has 2 heterocycles. The van der Waals surface area contributed by atoms with Crippen LogP contribution in [0.1, 0.15) is 28.2 Å². The van der Waals surface area contributed by atoms with Gasteiger partial charge in [-0.05, 0) is 32.9 Å². The molecule has 1 aromatic heterocycles. The number of aryl methyl sites for hydroxylation is 2. The normalized spacial score (nSPS) is 17.1. The van der Waals surface area contributed by atoms with E-state index in [2.05, 4.69) is 15.1 Å². The Morgan fingerprint density at radius 1 is 1.25 bits per heavy atom. The van der Waals surface area contributed by atoms with Crippen molar-refractivity contribution >= 4 is 5.91 Å². The molecule has 0 aromatic carbocycles. The van der Waals surface area contributed by atoms with Crippen LogP contribution in [-0.4, -0.2) is 70.3 Å². The minimum absolute atomic E-state index is 0.0337. The van der Waals surface area contributed by atoms with Gasteiger partial charge in [0.2, 0.25) is 0 Å². The molecule has 0 unspecified atom stereocenters. The average molecular weight is 278 g/mol. The topological polar surface area (TPSA) is 69.6 Å². The summed E-state index contributed by atoms with van der Waals surface area (Å²) < 4.78 is 0. The highest BCUT2D eigenvalue weighted by Crippen LogP contribution is 2.12. The lowest BCUT2D eigenvalue weighted by Gasteiger charge is -2.22. The number of hydrogen-bond acceptors (Lipinski definition) is 5. The predicted octanol–water partition coefficient (Wildman–Crippen LogP) is 0.234. The maximum absolute atomic E-state index is 12.6. The number of aliphatic hydroxyl groups excluding tert-OH is 1. The Labute approximate surface area is 119 Å². The summed E-state index contributed by atoms with van der Waals surface area (Å²) in [5, 5.41) is 17.0. The molecule has 0 atom stereocenters. The van der Waals surface area contributed by atoms with Crippen LogP contribution in [0.25, 0.3) is 0 Å². The van der Waals surface area contributed by atoms with Gasteiger partial charge in [0, 0.05) is 26.2 Å². The standard InChI is InChI=1S/C14H22N4O2/c1-11-10-13(12(2)16-15-11)14(20)18-5-3-4-17(6-7-18)8-9-19/h10,19H,3-9H2,1-2H3. The number of carbonyl (C=O) groups is 1. The van der Waals surface area contributed by atoms with E-state index in [1.54, 1.807) is 6.07 Å². The minimum atomic E-state index is 0.0337. The molecule has 0 aliphatic carbocycles. The first-order valence-corrected chi connectivity index (χ1v) is 7.05. The van der Waals surface area contributed by atoms with E-state index in [0.717, 1.165) is 31.7 Å². The van der Waals surface area contributed by atoms with Gasteiger partial charge in [-0.25, -0.2) is 0 Å². The fourth-order valence-corrected chi connectivity index (χ4v) is 2.48. The third-order valence-corrected chi connectivity index (χ3v) is 3.62. The third-order valence-electron chi connectivity index (χ3n) is 3.62. The lowest BCUT2D eigenvalue weighted by atomic mass is 10.1. The van der Waals surface area contributed by atoms with Crippen molar-refractivity contribution in [2.75, 3.05) is 39.3 Å². The fraction of sp³-hybridized carbons (Fsp3) is 0.643. The Morgan fingerprint density at radius 2 is 2.05 bits per heavy atom. The highest BCUT2D eigenvalue weighted by molar-refractivity contribution is 5.95. The molecule has 6 heteroatoms. The van der Waals surface area contributed by atoms with Crippen molar-refractivity contribution in [3.8, 4) is 0 Å². The highest BCUT2D eigenvalue weighted by atomic mass is 16.3. The van der Waals surface area contributed by atoms with Crippen molar-refractivity contribution in [1.82, 2.24) is 20.0 Å². The van der Waals surface area contributed by atoms with Gasteiger partial charge in [-0.2, -0.15) is 10.2 Å². The fourth-order valence-electron chi connectivity index (χ4n) is 2.48. The molecule has 0 radical (unpaired) electrons. The van der Waals surface area contributed by atoms with Crippen molar-refractivity contribution in [2.45, 2.75) is 20.3 Å². The maximum atomic E-state index is 12.6. The summed E-state index contributed by atoms with van der Waals surface area (Å²) in [6.45, 7) is 7.68.